The molecule has 5 nitrogen and oxygen atoms in total. The second kappa shape index (κ2) is 6.86. The molecule has 0 fully saturated rings. The van der Waals surface area contributed by atoms with Gasteiger partial charge in [0.15, 0.2) is 5.65 Å². The van der Waals surface area contributed by atoms with Gasteiger partial charge in [0.25, 0.3) is 0 Å². The molecule has 0 atom stereocenters. The molecule has 0 saturated carbocycles. The lowest BCUT2D eigenvalue weighted by molar-refractivity contribution is -0.138. The number of carbonyl (C=O) groups excluding carboxylic acids is 1. The number of nitrogens with one attached hydrogen (secondary N) is 1. The largest absolute Gasteiger partial charge is 0.416 e. The molecule has 27 heavy (non-hydrogen) atoms. The highest BCUT2D eigenvalue weighted by Crippen LogP contribution is 2.37. The number of nitrogens with zero attached hydrogens (tertiary/aromatic N) is 2. The van der Waals surface area contributed by atoms with Crippen LogP contribution in [0.3, 0.4) is 0 Å². The number of primary amides is 1. The van der Waals surface area contributed by atoms with E-state index in [4.69, 9.17) is 5.73 Å². The van der Waals surface area contributed by atoms with E-state index < -0.39 is 17.6 Å². The summed E-state index contributed by atoms with van der Waals surface area (Å²) in [4.78, 5) is 22.4. The average Bonchev–Trinajstić information content (AvgIpc) is 3.00. The summed E-state index contributed by atoms with van der Waals surface area (Å²) in [6.45, 7) is 3.43. The van der Waals surface area contributed by atoms with E-state index >= 15 is 0 Å². The molecular formula is C19H17F3N4O. The molecule has 8 heteroatoms. The summed E-state index contributed by atoms with van der Waals surface area (Å²) in [5, 5.41) is 0. The lowest BCUT2D eigenvalue weighted by Crippen LogP contribution is -2.10. The molecule has 0 spiro atoms. The molecule has 3 rings (SSSR count). The Morgan fingerprint density at radius 2 is 2.04 bits per heavy atom. The van der Waals surface area contributed by atoms with Crippen molar-refractivity contribution in [2.45, 2.75) is 25.9 Å². The van der Waals surface area contributed by atoms with E-state index in [1.54, 1.807) is 26.1 Å². The van der Waals surface area contributed by atoms with Gasteiger partial charge in [-0.1, -0.05) is 26.0 Å². The van der Waals surface area contributed by atoms with Gasteiger partial charge in [-0.05, 0) is 23.6 Å². The molecule has 2 heterocycles. The van der Waals surface area contributed by atoms with Crippen LogP contribution in [0.4, 0.5) is 13.2 Å². The third-order valence-corrected chi connectivity index (χ3v) is 4.11. The van der Waals surface area contributed by atoms with E-state index in [2.05, 4.69) is 15.0 Å². The Morgan fingerprint density at radius 3 is 2.67 bits per heavy atom. The minimum atomic E-state index is -4.46. The first-order valence-electron chi connectivity index (χ1n) is 8.20. The number of H-pyrrole nitrogens is 1. The first-order chi connectivity index (χ1) is 12.7. The van der Waals surface area contributed by atoms with Crippen molar-refractivity contribution in [1.29, 1.82) is 0 Å². The SMILES string of the molecule is CC(C)c1ccc(-c2cnc3[nH]cc(/C=C/C(N)=O)c3n2)cc1C(F)(F)F. The summed E-state index contributed by atoms with van der Waals surface area (Å²) in [6.07, 6.45) is 1.19. The summed E-state index contributed by atoms with van der Waals surface area (Å²) in [7, 11) is 0. The molecule has 3 aromatic rings. The number of aromatic amines is 1. The molecule has 1 aromatic carbocycles. The van der Waals surface area contributed by atoms with Gasteiger partial charge in [0.1, 0.15) is 5.52 Å². The number of benzene rings is 1. The number of hydrogen-bond donors (Lipinski definition) is 2. The highest BCUT2D eigenvalue weighted by molar-refractivity contribution is 5.93. The van der Waals surface area contributed by atoms with Crippen LogP contribution in [0.1, 0.15) is 36.5 Å². The molecular weight excluding hydrogens is 357 g/mol. The topological polar surface area (TPSA) is 84.7 Å². The maximum Gasteiger partial charge on any atom is 0.416 e. The maximum atomic E-state index is 13.5. The molecule has 2 aromatic heterocycles. The molecule has 0 aliphatic heterocycles. The third-order valence-electron chi connectivity index (χ3n) is 4.11. The molecule has 0 aliphatic carbocycles. The lowest BCUT2D eigenvalue weighted by Gasteiger charge is -2.16. The van der Waals surface area contributed by atoms with E-state index in [9.17, 15) is 18.0 Å². The monoisotopic (exact) mass is 374 g/mol. The van der Waals surface area contributed by atoms with Crippen LogP contribution in [0.2, 0.25) is 0 Å². The molecule has 0 bridgehead atoms. The van der Waals surface area contributed by atoms with Crippen LogP contribution in [0.15, 0.2) is 36.7 Å². The summed E-state index contributed by atoms with van der Waals surface area (Å²) in [5.74, 6) is -0.882. The van der Waals surface area contributed by atoms with Crippen molar-refractivity contribution >= 4 is 23.1 Å². The average molecular weight is 374 g/mol. The minimum absolute atomic E-state index is 0.229. The molecule has 3 N–H and O–H groups in total. The fraction of sp³-hybridized carbons (Fsp3) is 0.211. The van der Waals surface area contributed by atoms with Gasteiger partial charge >= 0.3 is 6.18 Å². The second-order valence-corrected chi connectivity index (χ2v) is 6.39. The zero-order chi connectivity index (χ0) is 19.8. The Morgan fingerprint density at radius 1 is 1.30 bits per heavy atom. The number of amides is 1. The van der Waals surface area contributed by atoms with Gasteiger partial charge in [-0.25, -0.2) is 9.97 Å². The van der Waals surface area contributed by atoms with E-state index in [-0.39, 0.29) is 11.5 Å². The van der Waals surface area contributed by atoms with Crippen molar-refractivity contribution < 1.29 is 18.0 Å². The molecule has 1 amide bonds. The summed E-state index contributed by atoms with van der Waals surface area (Å²) < 4.78 is 40.4. The van der Waals surface area contributed by atoms with Crippen LogP contribution in [0.25, 0.3) is 28.5 Å². The van der Waals surface area contributed by atoms with Crippen molar-refractivity contribution in [2.75, 3.05) is 0 Å². The molecule has 140 valence electrons. The summed E-state index contributed by atoms with van der Waals surface area (Å²) >= 11 is 0. The number of hydrogen-bond acceptors (Lipinski definition) is 3. The van der Waals surface area contributed by atoms with Crippen LogP contribution < -0.4 is 5.73 Å². The summed E-state index contributed by atoms with van der Waals surface area (Å²) in [6, 6.07) is 4.17. The standard InChI is InChI=1S/C19H17F3N4O/c1-10(2)13-5-3-11(7-14(13)19(20,21)22)15-9-25-18-17(26-15)12(8-24-18)4-6-16(23)27/h3-10H,1-2H3,(H2,23,27)(H,24,25)/b6-4+. The van der Waals surface area contributed by atoms with Gasteiger partial charge in [-0.2, -0.15) is 13.2 Å². The minimum Gasteiger partial charge on any atom is -0.366 e. The number of alkyl halides is 3. The van der Waals surface area contributed by atoms with E-state index in [1.807, 2.05) is 0 Å². The van der Waals surface area contributed by atoms with Crippen molar-refractivity contribution in [1.82, 2.24) is 15.0 Å². The maximum absolute atomic E-state index is 13.5. The van der Waals surface area contributed by atoms with Crippen molar-refractivity contribution in [3.63, 3.8) is 0 Å². The Kier molecular flexibility index (Phi) is 4.73. The number of carbonyl (C=O) groups is 1. The lowest BCUT2D eigenvalue weighted by atomic mass is 9.94. The van der Waals surface area contributed by atoms with Crippen LogP contribution in [-0.2, 0) is 11.0 Å². The Balaban J connectivity index is 2.12. The Hall–Kier alpha value is -3.16. The summed E-state index contributed by atoms with van der Waals surface area (Å²) in [5.41, 5.74) is 6.71. The van der Waals surface area contributed by atoms with Gasteiger partial charge in [-0.15, -0.1) is 0 Å². The van der Waals surface area contributed by atoms with Crippen LogP contribution in [0.5, 0.6) is 0 Å². The second-order valence-electron chi connectivity index (χ2n) is 6.39. The van der Waals surface area contributed by atoms with E-state index in [0.717, 1.165) is 6.07 Å². The number of nitrogens with two attached hydrogens (primary N) is 1. The van der Waals surface area contributed by atoms with Crippen molar-refractivity contribution in [3.8, 4) is 11.3 Å². The predicted octanol–water partition coefficient (Wildman–Crippen LogP) is 4.27. The van der Waals surface area contributed by atoms with Gasteiger partial charge in [0.2, 0.25) is 5.91 Å². The first kappa shape index (κ1) is 18.6. The van der Waals surface area contributed by atoms with Gasteiger partial charge in [0, 0.05) is 23.4 Å². The fourth-order valence-electron chi connectivity index (χ4n) is 2.81. The van der Waals surface area contributed by atoms with Crippen LogP contribution >= 0.6 is 0 Å². The smallest absolute Gasteiger partial charge is 0.366 e. The molecule has 0 unspecified atom stereocenters. The van der Waals surface area contributed by atoms with Gasteiger partial charge in [0.05, 0.1) is 17.5 Å². The van der Waals surface area contributed by atoms with Gasteiger partial charge < -0.3 is 10.7 Å². The molecule has 0 radical (unpaired) electrons. The zero-order valence-corrected chi connectivity index (χ0v) is 14.6. The molecule has 0 aliphatic rings. The molecule has 0 saturated heterocycles. The quantitative estimate of drug-likeness (QED) is 0.669. The van der Waals surface area contributed by atoms with Crippen LogP contribution in [-0.4, -0.2) is 20.9 Å². The van der Waals surface area contributed by atoms with Crippen LogP contribution in [0, 0.1) is 0 Å². The van der Waals surface area contributed by atoms with E-state index in [1.165, 1.54) is 24.4 Å². The first-order valence-corrected chi connectivity index (χ1v) is 8.20. The van der Waals surface area contributed by atoms with Gasteiger partial charge in [-0.3, -0.25) is 4.79 Å². The highest BCUT2D eigenvalue weighted by Gasteiger charge is 2.34. The van der Waals surface area contributed by atoms with E-state index in [0.29, 0.717) is 28.0 Å². The van der Waals surface area contributed by atoms with Crippen molar-refractivity contribution in [3.05, 3.63) is 53.4 Å². The highest BCUT2D eigenvalue weighted by atomic mass is 19.4. The van der Waals surface area contributed by atoms with Crippen molar-refractivity contribution in [2.24, 2.45) is 5.73 Å². The number of halogens is 3. The number of aromatic nitrogens is 3. The fourth-order valence-corrected chi connectivity index (χ4v) is 2.81. The predicted molar refractivity (Wildman–Crippen MR) is 96.6 cm³/mol. The Labute approximate surface area is 153 Å². The number of fused-ring (bicyclic) bond motifs is 1. The number of rotatable bonds is 4. The zero-order valence-electron chi connectivity index (χ0n) is 14.6. The Bertz CT molecular complexity index is 1040. The third kappa shape index (κ3) is 3.84. The normalized spacial score (nSPS) is 12.4.